The van der Waals surface area contributed by atoms with Crippen LogP contribution in [-0.4, -0.2) is 0 Å². The highest BCUT2D eigenvalue weighted by Gasteiger charge is 1.94. The molecule has 1 rings (SSSR count). The van der Waals surface area contributed by atoms with E-state index in [0.717, 1.165) is 12.8 Å². The molecular weight excluding hydrogens is 276 g/mol. The summed E-state index contributed by atoms with van der Waals surface area (Å²) in [5, 5.41) is 0. The van der Waals surface area contributed by atoms with Gasteiger partial charge in [0.15, 0.2) is 0 Å². The minimum atomic E-state index is 1.15. The van der Waals surface area contributed by atoms with Crippen molar-refractivity contribution in [1.29, 1.82) is 0 Å². The topological polar surface area (TPSA) is 0 Å². The minimum absolute atomic E-state index is 1.15. The van der Waals surface area contributed by atoms with Gasteiger partial charge in [0.2, 0.25) is 0 Å². The number of rotatable bonds is 9. The third-order valence-electron chi connectivity index (χ3n) is 4.17. The van der Waals surface area contributed by atoms with Crippen molar-refractivity contribution in [2.75, 3.05) is 0 Å². The fourth-order valence-corrected chi connectivity index (χ4v) is 2.58. The molecule has 0 radical (unpaired) electrons. The van der Waals surface area contributed by atoms with Crippen molar-refractivity contribution in [2.24, 2.45) is 0 Å². The molecule has 0 aromatic heterocycles. The van der Waals surface area contributed by atoms with E-state index in [9.17, 15) is 0 Å². The van der Waals surface area contributed by atoms with Gasteiger partial charge in [-0.25, -0.2) is 0 Å². The lowest BCUT2D eigenvalue weighted by Crippen LogP contribution is -1.85. The lowest BCUT2D eigenvalue weighted by molar-refractivity contribution is 0.903. The van der Waals surface area contributed by atoms with Gasteiger partial charge in [0.05, 0.1) is 0 Å². The van der Waals surface area contributed by atoms with Crippen LogP contribution in [0.2, 0.25) is 0 Å². The van der Waals surface area contributed by atoms with Gasteiger partial charge in [-0.05, 0) is 78.7 Å². The summed E-state index contributed by atoms with van der Waals surface area (Å²) in [5.41, 5.74) is 7.24. The zero-order chi connectivity index (χ0) is 17.1. The molecule has 0 aliphatic rings. The molecule has 0 aliphatic carbocycles. The predicted molar refractivity (Wildman–Crippen MR) is 105 cm³/mol. The summed E-state index contributed by atoms with van der Waals surface area (Å²) in [6.45, 7) is 11.0. The average Bonchev–Trinajstić information content (AvgIpc) is 2.49. The minimum Gasteiger partial charge on any atom is -0.0856 e. The zero-order valence-electron chi connectivity index (χ0n) is 15.8. The highest BCUT2D eigenvalue weighted by atomic mass is 14.0. The number of hydrogen-bond donors (Lipinski definition) is 0. The molecule has 0 fully saturated rings. The Morgan fingerprint density at radius 1 is 0.739 bits per heavy atom. The summed E-state index contributed by atoms with van der Waals surface area (Å²) >= 11 is 0. The van der Waals surface area contributed by atoms with Crippen molar-refractivity contribution >= 4 is 0 Å². The molecule has 0 aliphatic heterocycles. The lowest BCUT2D eigenvalue weighted by Gasteiger charge is -2.03. The molecule has 0 unspecified atom stereocenters. The SMILES string of the molecule is CC(C)=CCCC(C)=CCCC(C)=CCCc1ccc(C)cc1. The first-order chi connectivity index (χ1) is 11.0. The van der Waals surface area contributed by atoms with Crippen molar-refractivity contribution in [1.82, 2.24) is 0 Å². The normalized spacial score (nSPS) is 12.4. The fraction of sp³-hybridized carbons (Fsp3) is 0.478. The van der Waals surface area contributed by atoms with Crippen LogP contribution < -0.4 is 0 Å². The van der Waals surface area contributed by atoms with Crippen LogP contribution in [0.4, 0.5) is 0 Å². The van der Waals surface area contributed by atoms with Crippen molar-refractivity contribution in [2.45, 2.75) is 73.1 Å². The molecule has 1 aromatic rings. The molecule has 0 N–H and O–H groups in total. The molecule has 0 nitrogen and oxygen atoms in total. The van der Waals surface area contributed by atoms with Crippen molar-refractivity contribution < 1.29 is 0 Å². The predicted octanol–water partition coefficient (Wildman–Crippen LogP) is 7.35. The van der Waals surface area contributed by atoms with Crippen molar-refractivity contribution in [3.63, 3.8) is 0 Å². The second-order valence-corrected chi connectivity index (χ2v) is 6.98. The van der Waals surface area contributed by atoms with Gasteiger partial charge in [0.25, 0.3) is 0 Å². The smallest absolute Gasteiger partial charge is 0.0244 e. The average molecular weight is 311 g/mol. The van der Waals surface area contributed by atoms with Gasteiger partial charge in [-0.15, -0.1) is 0 Å². The Bertz CT molecular complexity index is 534. The quantitative estimate of drug-likeness (QED) is 0.418. The summed E-state index contributed by atoms with van der Waals surface area (Å²) in [6.07, 6.45) is 14.2. The van der Waals surface area contributed by atoms with Crippen LogP contribution in [0.3, 0.4) is 0 Å². The van der Waals surface area contributed by atoms with Gasteiger partial charge in [-0.2, -0.15) is 0 Å². The van der Waals surface area contributed by atoms with E-state index in [2.05, 4.69) is 77.1 Å². The van der Waals surface area contributed by atoms with Crippen LogP contribution >= 0.6 is 0 Å². The largest absolute Gasteiger partial charge is 0.0856 e. The summed E-state index contributed by atoms with van der Waals surface area (Å²) in [7, 11) is 0. The van der Waals surface area contributed by atoms with Crippen LogP contribution in [0.25, 0.3) is 0 Å². The van der Waals surface area contributed by atoms with Crippen LogP contribution in [0.1, 0.15) is 70.9 Å². The number of allylic oxidation sites excluding steroid dienone is 6. The second-order valence-electron chi connectivity index (χ2n) is 6.98. The van der Waals surface area contributed by atoms with E-state index in [-0.39, 0.29) is 0 Å². The van der Waals surface area contributed by atoms with Crippen LogP contribution in [0, 0.1) is 6.92 Å². The Hall–Kier alpha value is -1.56. The molecular formula is C23H34. The maximum Gasteiger partial charge on any atom is -0.0244 e. The van der Waals surface area contributed by atoms with Crippen LogP contribution in [0.5, 0.6) is 0 Å². The molecule has 0 heteroatoms. The standard InChI is InChI=1S/C23H34/c1-19(2)9-6-10-20(3)11-7-12-21(4)13-8-14-23-17-15-22(5)16-18-23/h9,11,13,15-18H,6-8,10,12,14H2,1-5H3. The molecule has 0 saturated heterocycles. The van der Waals surface area contributed by atoms with Crippen LogP contribution in [0.15, 0.2) is 59.2 Å². The second kappa shape index (κ2) is 11.0. The van der Waals surface area contributed by atoms with Crippen LogP contribution in [-0.2, 0) is 6.42 Å². The van der Waals surface area contributed by atoms with E-state index < -0.39 is 0 Å². The van der Waals surface area contributed by atoms with Gasteiger partial charge < -0.3 is 0 Å². The molecule has 0 heterocycles. The maximum absolute atomic E-state index is 2.41. The van der Waals surface area contributed by atoms with E-state index in [1.165, 1.54) is 53.5 Å². The fourth-order valence-electron chi connectivity index (χ4n) is 2.58. The van der Waals surface area contributed by atoms with E-state index >= 15 is 0 Å². The summed E-state index contributed by atoms with van der Waals surface area (Å²) in [4.78, 5) is 0. The molecule has 0 atom stereocenters. The Kier molecular flexibility index (Phi) is 9.36. The zero-order valence-corrected chi connectivity index (χ0v) is 15.8. The Balaban J connectivity index is 2.25. The van der Waals surface area contributed by atoms with E-state index in [0.29, 0.717) is 0 Å². The third kappa shape index (κ3) is 9.94. The highest BCUT2D eigenvalue weighted by Crippen LogP contribution is 2.13. The third-order valence-corrected chi connectivity index (χ3v) is 4.17. The summed E-state index contributed by atoms with van der Waals surface area (Å²) in [5.74, 6) is 0. The monoisotopic (exact) mass is 310 g/mol. The highest BCUT2D eigenvalue weighted by molar-refractivity contribution is 5.21. The molecule has 0 saturated carbocycles. The summed E-state index contributed by atoms with van der Waals surface area (Å²) in [6, 6.07) is 8.90. The molecule has 126 valence electrons. The number of benzene rings is 1. The van der Waals surface area contributed by atoms with E-state index in [1.54, 1.807) is 0 Å². The van der Waals surface area contributed by atoms with Crippen molar-refractivity contribution in [3.8, 4) is 0 Å². The van der Waals surface area contributed by atoms with Gasteiger partial charge in [0, 0.05) is 0 Å². The molecule has 23 heavy (non-hydrogen) atoms. The lowest BCUT2D eigenvalue weighted by atomic mass is 10.0. The molecule has 0 bridgehead atoms. The summed E-state index contributed by atoms with van der Waals surface area (Å²) < 4.78 is 0. The maximum atomic E-state index is 2.41. The Labute approximate surface area is 144 Å². The van der Waals surface area contributed by atoms with E-state index in [1.807, 2.05) is 0 Å². The van der Waals surface area contributed by atoms with Gasteiger partial charge in [-0.1, -0.05) is 64.8 Å². The van der Waals surface area contributed by atoms with Crippen molar-refractivity contribution in [3.05, 3.63) is 70.3 Å². The first-order valence-corrected chi connectivity index (χ1v) is 8.97. The number of hydrogen-bond acceptors (Lipinski definition) is 0. The van der Waals surface area contributed by atoms with Gasteiger partial charge in [-0.3, -0.25) is 0 Å². The molecule has 1 aromatic carbocycles. The molecule has 0 spiro atoms. The van der Waals surface area contributed by atoms with Gasteiger partial charge in [0.1, 0.15) is 0 Å². The molecule has 0 amide bonds. The Morgan fingerprint density at radius 2 is 1.26 bits per heavy atom. The first-order valence-electron chi connectivity index (χ1n) is 8.97. The Morgan fingerprint density at radius 3 is 1.83 bits per heavy atom. The van der Waals surface area contributed by atoms with E-state index in [4.69, 9.17) is 0 Å². The number of aryl methyl sites for hydroxylation is 2. The first kappa shape index (κ1) is 19.5. The van der Waals surface area contributed by atoms with Gasteiger partial charge >= 0.3 is 0 Å².